The summed E-state index contributed by atoms with van der Waals surface area (Å²) in [5, 5.41) is 0. The van der Waals surface area contributed by atoms with Crippen LogP contribution in [0.25, 0.3) is 5.57 Å². The van der Waals surface area contributed by atoms with Crippen LogP contribution in [-0.2, 0) is 27.1 Å². The second-order valence-electron chi connectivity index (χ2n) is 8.23. The molecule has 0 unspecified atom stereocenters. The molecule has 0 atom stereocenters. The van der Waals surface area contributed by atoms with Crippen LogP contribution < -0.4 is 0 Å². The number of aryl methyl sites for hydroxylation is 3. The number of carbonyl (C=O) groups is 1. The minimum atomic E-state index is 0.00749. The summed E-state index contributed by atoms with van der Waals surface area (Å²) in [7, 11) is 0. The lowest BCUT2D eigenvalue weighted by Gasteiger charge is -2.41. The predicted octanol–water partition coefficient (Wildman–Crippen LogP) is 5.58. The number of carbonyl (C=O) groups excluding carboxylic acids is 1. The maximum absolute atomic E-state index is 13.5. The average Bonchev–Trinajstić information content (AvgIpc) is 2.68. The van der Waals surface area contributed by atoms with E-state index in [1.54, 1.807) is 0 Å². The van der Waals surface area contributed by atoms with Gasteiger partial charge in [0, 0.05) is 26.1 Å². The molecule has 152 valence electrons. The van der Waals surface area contributed by atoms with Crippen LogP contribution in [0.5, 0.6) is 0 Å². The van der Waals surface area contributed by atoms with Gasteiger partial charge in [0.15, 0.2) is 5.78 Å². The van der Waals surface area contributed by atoms with E-state index < -0.39 is 0 Å². The quantitative estimate of drug-likeness (QED) is 0.602. The van der Waals surface area contributed by atoms with Crippen molar-refractivity contribution in [2.45, 2.75) is 66.2 Å². The Kier molecular flexibility index (Phi) is 6.77. The van der Waals surface area contributed by atoms with E-state index in [9.17, 15) is 4.79 Å². The van der Waals surface area contributed by atoms with Crippen LogP contribution in [0.2, 0.25) is 0 Å². The molecule has 1 aliphatic carbocycles. The maximum Gasteiger partial charge on any atom is 0.167 e. The third-order valence-electron chi connectivity index (χ3n) is 6.23. The molecule has 1 aliphatic heterocycles. The number of Topliss-reactive ketones (excluding diaryl/α,β-unsaturated/α-hetero) is 1. The molecular weight excluding hydrogens is 348 g/mol. The molecule has 0 radical (unpaired) electrons. The smallest absolute Gasteiger partial charge is 0.167 e. The summed E-state index contributed by atoms with van der Waals surface area (Å²) in [5.41, 5.74) is 5.77. The van der Waals surface area contributed by atoms with E-state index in [1.165, 1.54) is 16.7 Å². The molecule has 1 aromatic rings. The normalized spacial score (nSPS) is 19.6. The second-order valence-corrected chi connectivity index (χ2v) is 8.23. The Morgan fingerprint density at radius 2 is 1.75 bits per heavy atom. The Morgan fingerprint density at radius 1 is 1.11 bits per heavy atom. The number of ether oxygens (including phenoxy) is 2. The van der Waals surface area contributed by atoms with Crippen LogP contribution in [0.3, 0.4) is 0 Å². The van der Waals surface area contributed by atoms with Crippen molar-refractivity contribution in [2.24, 2.45) is 5.41 Å². The minimum Gasteiger partial charge on any atom is -0.493 e. The number of rotatable bonds is 6. The summed E-state index contributed by atoms with van der Waals surface area (Å²) in [5.74, 6) is 1.14. The molecule has 0 amide bonds. The van der Waals surface area contributed by atoms with Crippen LogP contribution in [0, 0.1) is 12.3 Å². The van der Waals surface area contributed by atoms with Crippen molar-refractivity contribution < 1.29 is 14.3 Å². The summed E-state index contributed by atoms with van der Waals surface area (Å²) < 4.78 is 11.8. The molecule has 3 nitrogen and oxygen atoms in total. The van der Waals surface area contributed by atoms with Crippen LogP contribution in [0.4, 0.5) is 0 Å². The molecule has 1 spiro atoms. The topological polar surface area (TPSA) is 35.5 Å². The molecule has 1 aromatic carbocycles. The van der Waals surface area contributed by atoms with Gasteiger partial charge in [-0.15, -0.1) is 0 Å². The van der Waals surface area contributed by atoms with E-state index in [1.807, 2.05) is 19.1 Å². The Balaban J connectivity index is 2.13. The fraction of sp³-hybridized carbons (Fsp3) is 0.560. The zero-order chi connectivity index (χ0) is 20.1. The highest BCUT2D eigenvalue weighted by atomic mass is 16.5. The lowest BCUT2D eigenvalue weighted by molar-refractivity contribution is -0.119. The van der Waals surface area contributed by atoms with Crippen molar-refractivity contribution in [3.63, 3.8) is 0 Å². The molecule has 1 heterocycles. The van der Waals surface area contributed by atoms with Gasteiger partial charge >= 0.3 is 0 Å². The van der Waals surface area contributed by atoms with Gasteiger partial charge in [0.1, 0.15) is 12.4 Å². The summed E-state index contributed by atoms with van der Waals surface area (Å²) >= 11 is 0. The highest BCUT2D eigenvalue weighted by molar-refractivity contribution is 6.23. The van der Waals surface area contributed by atoms with Gasteiger partial charge in [0.05, 0.1) is 5.57 Å². The zero-order valence-electron chi connectivity index (χ0n) is 17.9. The Labute approximate surface area is 169 Å². The molecule has 3 rings (SSSR count). The number of ketones is 1. The van der Waals surface area contributed by atoms with Crippen molar-refractivity contribution in [2.75, 3.05) is 19.8 Å². The van der Waals surface area contributed by atoms with Crippen molar-refractivity contribution in [1.29, 1.82) is 0 Å². The van der Waals surface area contributed by atoms with Crippen LogP contribution in [-0.4, -0.2) is 25.6 Å². The third-order valence-corrected chi connectivity index (χ3v) is 6.23. The van der Waals surface area contributed by atoms with E-state index in [0.717, 1.165) is 62.2 Å². The molecule has 3 heteroatoms. The SMILES string of the molecule is C/C=C/COC1=C(c2c(CC)cc(C)cc2CC)C(=O)CC2(CCOCC2)C1. The molecule has 1 fully saturated rings. The summed E-state index contributed by atoms with van der Waals surface area (Å²) in [6.45, 7) is 10.5. The lowest BCUT2D eigenvalue weighted by atomic mass is 9.67. The molecule has 0 N–H and O–H groups in total. The summed E-state index contributed by atoms with van der Waals surface area (Å²) in [6, 6.07) is 4.47. The van der Waals surface area contributed by atoms with Crippen molar-refractivity contribution in [1.82, 2.24) is 0 Å². The fourth-order valence-corrected chi connectivity index (χ4v) is 4.70. The van der Waals surface area contributed by atoms with Gasteiger partial charge in [0.25, 0.3) is 0 Å². The van der Waals surface area contributed by atoms with Gasteiger partial charge in [0.2, 0.25) is 0 Å². The average molecular weight is 383 g/mol. The Hall–Kier alpha value is -1.87. The minimum absolute atomic E-state index is 0.00749. The van der Waals surface area contributed by atoms with E-state index in [0.29, 0.717) is 13.0 Å². The van der Waals surface area contributed by atoms with Gasteiger partial charge in [-0.05, 0) is 61.6 Å². The number of hydrogen-bond acceptors (Lipinski definition) is 3. The van der Waals surface area contributed by atoms with Crippen molar-refractivity contribution in [3.8, 4) is 0 Å². The van der Waals surface area contributed by atoms with E-state index >= 15 is 0 Å². The van der Waals surface area contributed by atoms with Crippen molar-refractivity contribution >= 4 is 11.4 Å². The van der Waals surface area contributed by atoms with Crippen molar-refractivity contribution in [3.05, 3.63) is 52.3 Å². The molecule has 28 heavy (non-hydrogen) atoms. The maximum atomic E-state index is 13.5. The second kappa shape index (κ2) is 9.09. The van der Waals surface area contributed by atoms with Gasteiger partial charge in [-0.2, -0.15) is 0 Å². The lowest BCUT2D eigenvalue weighted by Crippen LogP contribution is -2.36. The highest BCUT2D eigenvalue weighted by Gasteiger charge is 2.42. The summed E-state index contributed by atoms with van der Waals surface area (Å²) in [6.07, 6.45) is 9.18. The first-order chi connectivity index (χ1) is 13.5. The van der Waals surface area contributed by atoms with E-state index in [-0.39, 0.29) is 11.2 Å². The number of allylic oxidation sites excluding steroid dienone is 3. The van der Waals surface area contributed by atoms with E-state index in [2.05, 4.69) is 32.9 Å². The fourth-order valence-electron chi connectivity index (χ4n) is 4.70. The largest absolute Gasteiger partial charge is 0.493 e. The first kappa shape index (κ1) is 20.9. The molecular formula is C25H34O3. The van der Waals surface area contributed by atoms with Gasteiger partial charge in [-0.25, -0.2) is 0 Å². The van der Waals surface area contributed by atoms with Crippen LogP contribution >= 0.6 is 0 Å². The van der Waals surface area contributed by atoms with Gasteiger partial charge in [-0.3, -0.25) is 4.79 Å². The van der Waals surface area contributed by atoms with E-state index in [4.69, 9.17) is 9.47 Å². The third kappa shape index (κ3) is 4.25. The standard InChI is InChI=1S/C25H34O3/c1-5-8-11-28-22-17-25(9-12-27-13-10-25)16-21(26)24(22)23-19(6-2)14-18(4)15-20(23)7-3/h5,8,14-15H,6-7,9-13,16-17H2,1-4H3/b8-5+. The summed E-state index contributed by atoms with van der Waals surface area (Å²) in [4.78, 5) is 13.5. The van der Waals surface area contributed by atoms with Gasteiger partial charge in [-0.1, -0.05) is 43.7 Å². The molecule has 2 aliphatic rings. The first-order valence-electron chi connectivity index (χ1n) is 10.7. The number of benzene rings is 1. The van der Waals surface area contributed by atoms with Crippen LogP contribution in [0.1, 0.15) is 68.7 Å². The van der Waals surface area contributed by atoms with Crippen LogP contribution in [0.15, 0.2) is 30.0 Å². The Morgan fingerprint density at radius 3 is 2.32 bits per heavy atom. The number of hydrogen-bond donors (Lipinski definition) is 0. The zero-order valence-corrected chi connectivity index (χ0v) is 17.9. The van der Waals surface area contributed by atoms with Gasteiger partial charge < -0.3 is 9.47 Å². The monoisotopic (exact) mass is 382 g/mol. The Bertz CT molecular complexity index is 754. The molecule has 0 bridgehead atoms. The first-order valence-corrected chi connectivity index (χ1v) is 10.7. The molecule has 0 saturated carbocycles. The molecule has 1 saturated heterocycles. The predicted molar refractivity (Wildman–Crippen MR) is 114 cm³/mol. The molecule has 0 aromatic heterocycles. The highest BCUT2D eigenvalue weighted by Crippen LogP contribution is 2.48.